The molecule has 0 aliphatic rings. The summed E-state index contributed by atoms with van der Waals surface area (Å²) in [7, 11) is 0. The zero-order chi connectivity index (χ0) is 13.1. The molecule has 0 radical (unpaired) electrons. The maximum absolute atomic E-state index is 11.1. The molecule has 0 atom stereocenters. The van der Waals surface area contributed by atoms with Gasteiger partial charge in [0.1, 0.15) is 11.5 Å². The van der Waals surface area contributed by atoms with Crippen molar-refractivity contribution < 1.29 is 19.7 Å². The van der Waals surface area contributed by atoms with Gasteiger partial charge in [0, 0.05) is 6.07 Å². The molecule has 0 fully saturated rings. The average molecular weight is 246 g/mol. The minimum Gasteiger partial charge on any atom is -0.508 e. The van der Waals surface area contributed by atoms with Crippen molar-refractivity contribution >= 4 is 12.2 Å². The molecule has 0 aliphatic heterocycles. The molecule has 1 aromatic carbocycles. The Hall–Kier alpha value is -2.69. The van der Waals surface area contributed by atoms with Crippen molar-refractivity contribution in [2.75, 3.05) is 0 Å². The van der Waals surface area contributed by atoms with Crippen LogP contribution in [-0.4, -0.2) is 15.3 Å². The Balaban J connectivity index is 2.29. The Labute approximate surface area is 102 Å². The van der Waals surface area contributed by atoms with Gasteiger partial charge in [-0.2, -0.15) is 0 Å². The molecule has 0 amide bonds. The first-order valence-corrected chi connectivity index (χ1v) is 5.09. The summed E-state index contributed by atoms with van der Waals surface area (Å²) >= 11 is 0. The number of aromatic hydroxyl groups is 3. The van der Waals surface area contributed by atoms with E-state index in [0.29, 0.717) is 0 Å². The van der Waals surface area contributed by atoms with Crippen LogP contribution in [0.15, 0.2) is 39.5 Å². The first-order chi connectivity index (χ1) is 8.56. The van der Waals surface area contributed by atoms with E-state index < -0.39 is 17.1 Å². The molecule has 5 nitrogen and oxygen atoms in total. The van der Waals surface area contributed by atoms with Gasteiger partial charge in [-0.25, -0.2) is 4.79 Å². The highest BCUT2D eigenvalue weighted by Gasteiger charge is 2.07. The van der Waals surface area contributed by atoms with Crippen molar-refractivity contribution in [1.29, 1.82) is 0 Å². The Bertz CT molecular complexity index is 637. The smallest absolute Gasteiger partial charge is 0.382 e. The summed E-state index contributed by atoms with van der Waals surface area (Å²) in [4.78, 5) is 11.1. The number of phenolic OH excluding ortho intramolecular Hbond substituents is 1. The van der Waals surface area contributed by atoms with Crippen LogP contribution in [0, 0.1) is 0 Å². The lowest BCUT2D eigenvalue weighted by molar-refractivity contribution is 0.362. The quantitative estimate of drug-likeness (QED) is 0.753. The fourth-order valence-electron chi connectivity index (χ4n) is 1.34. The second-order valence-electron chi connectivity index (χ2n) is 3.59. The molecule has 0 spiro atoms. The average Bonchev–Trinajstić information content (AvgIpc) is 2.35. The number of hydrogen-bond donors (Lipinski definition) is 3. The second-order valence-corrected chi connectivity index (χ2v) is 3.59. The summed E-state index contributed by atoms with van der Waals surface area (Å²) in [5, 5.41) is 27.4. The van der Waals surface area contributed by atoms with E-state index in [1.807, 2.05) is 0 Å². The van der Waals surface area contributed by atoms with Gasteiger partial charge < -0.3 is 19.7 Å². The Morgan fingerprint density at radius 1 is 1.00 bits per heavy atom. The van der Waals surface area contributed by atoms with Gasteiger partial charge in [0.15, 0.2) is 5.75 Å². The fraction of sp³-hybridized carbons (Fsp3) is 0. The predicted molar refractivity (Wildman–Crippen MR) is 65.3 cm³/mol. The van der Waals surface area contributed by atoms with E-state index in [-0.39, 0.29) is 11.5 Å². The summed E-state index contributed by atoms with van der Waals surface area (Å²) in [6.45, 7) is 0. The van der Waals surface area contributed by atoms with E-state index in [4.69, 9.17) is 14.6 Å². The Morgan fingerprint density at radius 3 is 2.28 bits per heavy atom. The third kappa shape index (κ3) is 2.52. The van der Waals surface area contributed by atoms with Gasteiger partial charge in [-0.15, -0.1) is 0 Å². The number of hydrogen-bond acceptors (Lipinski definition) is 5. The molecule has 0 bridgehead atoms. The highest BCUT2D eigenvalue weighted by Crippen LogP contribution is 2.21. The van der Waals surface area contributed by atoms with Crippen LogP contribution in [0.2, 0.25) is 0 Å². The number of rotatable bonds is 2. The van der Waals surface area contributed by atoms with Gasteiger partial charge in [-0.05, 0) is 23.8 Å². The van der Waals surface area contributed by atoms with Gasteiger partial charge in [0.25, 0.3) is 0 Å². The summed E-state index contributed by atoms with van der Waals surface area (Å²) in [6.07, 6.45) is 3.10. The van der Waals surface area contributed by atoms with Crippen LogP contribution in [0.3, 0.4) is 0 Å². The van der Waals surface area contributed by atoms with Crippen LogP contribution in [-0.2, 0) is 0 Å². The Kier molecular flexibility index (Phi) is 3.05. The lowest BCUT2D eigenvalue weighted by Gasteiger charge is -1.97. The summed E-state index contributed by atoms with van der Waals surface area (Å²) < 4.78 is 4.73. The summed E-state index contributed by atoms with van der Waals surface area (Å²) in [5.41, 5.74) is -0.219. The van der Waals surface area contributed by atoms with Gasteiger partial charge >= 0.3 is 5.63 Å². The highest BCUT2D eigenvalue weighted by atomic mass is 16.4. The minimum atomic E-state index is -1.000. The molecule has 2 aromatic rings. The van der Waals surface area contributed by atoms with Crippen molar-refractivity contribution in [3.05, 3.63) is 52.1 Å². The molecule has 2 rings (SSSR count). The molecule has 0 saturated heterocycles. The van der Waals surface area contributed by atoms with Crippen LogP contribution >= 0.6 is 0 Å². The van der Waals surface area contributed by atoms with Crippen molar-refractivity contribution in [2.24, 2.45) is 0 Å². The first kappa shape index (κ1) is 11.8. The van der Waals surface area contributed by atoms with E-state index in [9.17, 15) is 9.90 Å². The van der Waals surface area contributed by atoms with E-state index in [1.54, 1.807) is 18.2 Å². The van der Waals surface area contributed by atoms with Crippen molar-refractivity contribution in [3.63, 3.8) is 0 Å². The Morgan fingerprint density at radius 2 is 1.67 bits per heavy atom. The molecule has 0 unspecified atom stereocenters. The van der Waals surface area contributed by atoms with Crippen LogP contribution in [0.25, 0.3) is 12.2 Å². The predicted octanol–water partition coefficient (Wildman–Crippen LogP) is 1.93. The maximum atomic E-state index is 11.1. The molecular weight excluding hydrogens is 236 g/mol. The molecule has 3 N–H and O–H groups in total. The third-order valence-electron chi connectivity index (χ3n) is 2.26. The maximum Gasteiger partial charge on any atom is 0.382 e. The molecule has 1 aromatic heterocycles. The summed E-state index contributed by atoms with van der Waals surface area (Å²) in [5.74, 6) is -1.07. The number of benzene rings is 1. The standard InChI is InChI=1S/C13H10O5/c14-9-4-1-8(2-5-9)3-6-10-7-11(15)12(16)13(17)18-10/h1-7,14-16H/b6-3-. The molecule has 92 valence electrons. The van der Waals surface area contributed by atoms with E-state index in [0.717, 1.165) is 11.6 Å². The monoisotopic (exact) mass is 246 g/mol. The van der Waals surface area contributed by atoms with Gasteiger partial charge in [-0.3, -0.25) is 0 Å². The van der Waals surface area contributed by atoms with E-state index in [2.05, 4.69) is 0 Å². The SMILES string of the molecule is O=c1oc(/C=C\c2ccc(O)cc2)cc(O)c1O. The zero-order valence-corrected chi connectivity index (χ0v) is 9.20. The van der Waals surface area contributed by atoms with Crippen LogP contribution in [0.4, 0.5) is 0 Å². The van der Waals surface area contributed by atoms with E-state index in [1.165, 1.54) is 18.2 Å². The molecular formula is C13H10O5. The van der Waals surface area contributed by atoms with Gasteiger partial charge in [-0.1, -0.05) is 18.2 Å². The lowest BCUT2D eigenvalue weighted by Crippen LogP contribution is -1.98. The highest BCUT2D eigenvalue weighted by molar-refractivity contribution is 5.68. The van der Waals surface area contributed by atoms with Crippen LogP contribution < -0.4 is 5.63 Å². The van der Waals surface area contributed by atoms with Gasteiger partial charge in [0.05, 0.1) is 0 Å². The van der Waals surface area contributed by atoms with Crippen LogP contribution in [0.5, 0.6) is 17.2 Å². The first-order valence-electron chi connectivity index (χ1n) is 5.09. The van der Waals surface area contributed by atoms with Crippen molar-refractivity contribution in [2.45, 2.75) is 0 Å². The van der Waals surface area contributed by atoms with Gasteiger partial charge in [0.2, 0.25) is 5.75 Å². The third-order valence-corrected chi connectivity index (χ3v) is 2.26. The lowest BCUT2D eigenvalue weighted by atomic mass is 10.2. The fourth-order valence-corrected chi connectivity index (χ4v) is 1.34. The van der Waals surface area contributed by atoms with Crippen molar-refractivity contribution in [1.82, 2.24) is 0 Å². The molecule has 0 aliphatic carbocycles. The molecule has 18 heavy (non-hydrogen) atoms. The topological polar surface area (TPSA) is 90.9 Å². The largest absolute Gasteiger partial charge is 0.508 e. The normalized spacial score (nSPS) is 10.9. The zero-order valence-electron chi connectivity index (χ0n) is 9.20. The second kappa shape index (κ2) is 4.67. The van der Waals surface area contributed by atoms with E-state index >= 15 is 0 Å². The molecule has 1 heterocycles. The van der Waals surface area contributed by atoms with Crippen LogP contribution in [0.1, 0.15) is 11.3 Å². The molecule has 5 heteroatoms. The number of phenols is 1. The summed E-state index contributed by atoms with van der Waals surface area (Å²) in [6, 6.07) is 7.51. The minimum absolute atomic E-state index is 0.114. The molecule has 0 saturated carbocycles. The van der Waals surface area contributed by atoms with Crippen molar-refractivity contribution in [3.8, 4) is 17.2 Å².